The molecule has 3 N–H and O–H groups in total. The molecular weight excluding hydrogens is 314 g/mol. The van der Waals surface area contributed by atoms with Gasteiger partial charge in [-0.3, -0.25) is 9.78 Å². The van der Waals surface area contributed by atoms with Crippen LogP contribution in [0.25, 0.3) is 10.9 Å². The van der Waals surface area contributed by atoms with Crippen LogP contribution in [0.2, 0.25) is 5.02 Å². The van der Waals surface area contributed by atoms with E-state index in [4.69, 9.17) is 22.1 Å². The molecule has 23 heavy (non-hydrogen) atoms. The number of hydrogen-bond donors (Lipinski definition) is 2. The van der Waals surface area contributed by atoms with Gasteiger partial charge in [0.25, 0.3) is 5.56 Å². The number of pyridine rings is 2. The second-order valence-corrected chi connectivity index (χ2v) is 5.73. The van der Waals surface area contributed by atoms with Crippen molar-refractivity contribution >= 4 is 22.5 Å². The van der Waals surface area contributed by atoms with Gasteiger partial charge in [-0.1, -0.05) is 17.7 Å². The van der Waals surface area contributed by atoms with Gasteiger partial charge in [-0.05, 0) is 31.2 Å². The van der Waals surface area contributed by atoms with Crippen LogP contribution in [0.4, 0.5) is 0 Å². The fraction of sp³-hybridized carbons (Fsp3) is 0.176. The molecule has 6 heteroatoms. The molecule has 2 heterocycles. The minimum atomic E-state index is -0.345. The van der Waals surface area contributed by atoms with Crippen molar-refractivity contribution in [3.05, 3.63) is 69.2 Å². The first kappa shape index (κ1) is 15.5. The molecule has 0 radical (unpaired) electrons. The number of nitrogens with zero attached hydrogens (tertiary/aromatic N) is 1. The zero-order valence-electron chi connectivity index (χ0n) is 12.5. The summed E-state index contributed by atoms with van der Waals surface area (Å²) in [5.41, 5.74) is 7.57. The molecule has 1 aromatic carbocycles. The Morgan fingerprint density at radius 1 is 1.35 bits per heavy atom. The second kappa shape index (κ2) is 6.40. The second-order valence-electron chi connectivity index (χ2n) is 5.32. The number of halogens is 1. The van der Waals surface area contributed by atoms with Crippen LogP contribution < -0.4 is 16.0 Å². The first-order chi connectivity index (χ1) is 11.0. The standard InChI is InChI=1S/C17H16ClN3O2/c1-10(19)13-6-11-7-14(18)16(8-15(11)21-17(13)22)23-9-12-4-2-3-5-20-12/h2-8,10H,9,19H2,1H3,(H,21,22)/t10-/m0/s1. The van der Waals surface area contributed by atoms with E-state index in [1.54, 1.807) is 31.3 Å². The fourth-order valence-corrected chi connectivity index (χ4v) is 2.53. The third-order valence-corrected chi connectivity index (χ3v) is 3.81. The van der Waals surface area contributed by atoms with E-state index < -0.39 is 0 Å². The van der Waals surface area contributed by atoms with Crippen LogP contribution in [0.3, 0.4) is 0 Å². The van der Waals surface area contributed by atoms with Gasteiger partial charge in [0, 0.05) is 29.3 Å². The number of fused-ring (bicyclic) bond motifs is 1. The van der Waals surface area contributed by atoms with E-state index >= 15 is 0 Å². The molecule has 0 fully saturated rings. The quantitative estimate of drug-likeness (QED) is 0.770. The maximum absolute atomic E-state index is 12.0. The number of rotatable bonds is 4. The summed E-state index contributed by atoms with van der Waals surface area (Å²) < 4.78 is 5.71. The van der Waals surface area contributed by atoms with Crippen LogP contribution in [-0.2, 0) is 6.61 Å². The molecule has 3 aromatic rings. The van der Waals surface area contributed by atoms with Gasteiger partial charge in [0.2, 0.25) is 0 Å². The van der Waals surface area contributed by atoms with Gasteiger partial charge in [0.15, 0.2) is 0 Å². The van der Waals surface area contributed by atoms with Crippen molar-refractivity contribution < 1.29 is 4.74 Å². The van der Waals surface area contributed by atoms with Gasteiger partial charge in [0.05, 0.1) is 16.2 Å². The first-order valence-electron chi connectivity index (χ1n) is 7.19. The van der Waals surface area contributed by atoms with Crippen molar-refractivity contribution in [2.24, 2.45) is 5.73 Å². The van der Waals surface area contributed by atoms with Gasteiger partial charge in [-0.25, -0.2) is 0 Å². The highest BCUT2D eigenvalue weighted by atomic mass is 35.5. The topological polar surface area (TPSA) is 81.0 Å². The van der Waals surface area contributed by atoms with E-state index in [1.807, 2.05) is 18.2 Å². The van der Waals surface area contributed by atoms with Crippen LogP contribution >= 0.6 is 11.6 Å². The lowest BCUT2D eigenvalue weighted by atomic mass is 10.1. The van der Waals surface area contributed by atoms with Gasteiger partial charge in [-0.2, -0.15) is 0 Å². The highest BCUT2D eigenvalue weighted by Gasteiger charge is 2.10. The molecule has 0 saturated heterocycles. The van der Waals surface area contributed by atoms with Crippen molar-refractivity contribution in [2.75, 3.05) is 0 Å². The van der Waals surface area contributed by atoms with Crippen molar-refractivity contribution in [1.29, 1.82) is 0 Å². The molecule has 2 aromatic heterocycles. The van der Waals surface area contributed by atoms with Gasteiger partial charge in [-0.15, -0.1) is 0 Å². The van der Waals surface area contributed by atoms with Gasteiger partial charge >= 0.3 is 0 Å². The predicted octanol–water partition coefficient (Wildman–Crippen LogP) is 3.18. The number of aromatic amines is 1. The molecule has 0 saturated carbocycles. The lowest BCUT2D eigenvalue weighted by molar-refractivity contribution is 0.302. The average molecular weight is 330 g/mol. The third kappa shape index (κ3) is 3.36. The summed E-state index contributed by atoms with van der Waals surface area (Å²) in [5.74, 6) is 0.494. The molecule has 1 atom stereocenters. The van der Waals surface area contributed by atoms with Gasteiger partial charge in [0.1, 0.15) is 12.4 Å². The van der Waals surface area contributed by atoms with Crippen LogP contribution in [-0.4, -0.2) is 9.97 Å². The molecule has 0 amide bonds. The maximum Gasteiger partial charge on any atom is 0.253 e. The Kier molecular flexibility index (Phi) is 4.32. The number of hydrogen-bond acceptors (Lipinski definition) is 4. The lowest BCUT2D eigenvalue weighted by Crippen LogP contribution is -2.19. The normalized spacial score (nSPS) is 12.3. The zero-order valence-corrected chi connectivity index (χ0v) is 13.3. The van der Waals surface area contributed by atoms with E-state index in [-0.39, 0.29) is 11.6 Å². The maximum atomic E-state index is 12.0. The van der Waals surface area contributed by atoms with E-state index in [9.17, 15) is 4.79 Å². The minimum Gasteiger partial charge on any atom is -0.486 e. The fourth-order valence-electron chi connectivity index (χ4n) is 2.31. The molecule has 3 rings (SSSR count). The number of aromatic nitrogens is 2. The molecule has 0 aliphatic carbocycles. The predicted molar refractivity (Wildman–Crippen MR) is 90.8 cm³/mol. The Bertz CT molecular complexity index is 891. The molecule has 0 aliphatic rings. The van der Waals surface area contributed by atoms with Crippen LogP contribution in [0.15, 0.2) is 47.4 Å². The van der Waals surface area contributed by atoms with Crippen molar-refractivity contribution in [1.82, 2.24) is 9.97 Å². The smallest absolute Gasteiger partial charge is 0.253 e. The number of nitrogens with two attached hydrogens (primary N) is 1. The Morgan fingerprint density at radius 2 is 2.17 bits per heavy atom. The Hall–Kier alpha value is -2.37. The number of H-pyrrole nitrogens is 1. The molecule has 118 valence electrons. The summed E-state index contributed by atoms with van der Waals surface area (Å²) in [4.78, 5) is 19.0. The SMILES string of the molecule is C[C@H](N)c1cc2cc(Cl)c(OCc3ccccn3)cc2[nH]c1=O. The van der Waals surface area contributed by atoms with E-state index in [0.717, 1.165) is 11.1 Å². The Balaban J connectivity index is 1.94. The van der Waals surface area contributed by atoms with Crippen LogP contribution in [0.1, 0.15) is 24.2 Å². The molecule has 0 aliphatic heterocycles. The highest BCUT2D eigenvalue weighted by molar-refractivity contribution is 6.32. The van der Waals surface area contributed by atoms with Gasteiger partial charge < -0.3 is 15.5 Å². The summed E-state index contributed by atoms with van der Waals surface area (Å²) in [6.45, 7) is 2.07. The minimum absolute atomic E-state index is 0.203. The Labute approximate surface area is 138 Å². The van der Waals surface area contributed by atoms with Crippen LogP contribution in [0.5, 0.6) is 5.75 Å². The molecule has 0 spiro atoms. The monoisotopic (exact) mass is 329 g/mol. The molecular formula is C17H16ClN3O2. The third-order valence-electron chi connectivity index (χ3n) is 3.52. The first-order valence-corrected chi connectivity index (χ1v) is 7.57. The summed E-state index contributed by atoms with van der Waals surface area (Å²) in [6.07, 6.45) is 1.70. The summed E-state index contributed by atoms with van der Waals surface area (Å²) >= 11 is 6.27. The van der Waals surface area contributed by atoms with E-state index in [1.165, 1.54) is 0 Å². The van der Waals surface area contributed by atoms with E-state index in [2.05, 4.69) is 9.97 Å². The highest BCUT2D eigenvalue weighted by Crippen LogP contribution is 2.30. The largest absolute Gasteiger partial charge is 0.486 e. The molecule has 5 nitrogen and oxygen atoms in total. The number of benzene rings is 1. The lowest BCUT2D eigenvalue weighted by Gasteiger charge is -2.11. The molecule has 0 bridgehead atoms. The summed E-state index contributed by atoms with van der Waals surface area (Å²) in [6, 6.07) is 10.5. The summed E-state index contributed by atoms with van der Waals surface area (Å²) in [5, 5.41) is 1.28. The number of nitrogens with one attached hydrogen (secondary N) is 1. The number of ether oxygens (including phenoxy) is 1. The average Bonchev–Trinajstić information content (AvgIpc) is 2.53. The van der Waals surface area contributed by atoms with E-state index in [0.29, 0.717) is 28.5 Å². The summed E-state index contributed by atoms with van der Waals surface area (Å²) in [7, 11) is 0. The molecule has 0 unspecified atom stereocenters. The van der Waals surface area contributed by atoms with Crippen molar-refractivity contribution in [3.8, 4) is 5.75 Å². The van der Waals surface area contributed by atoms with Crippen molar-refractivity contribution in [2.45, 2.75) is 19.6 Å². The Morgan fingerprint density at radius 3 is 2.87 bits per heavy atom. The van der Waals surface area contributed by atoms with Crippen LogP contribution in [0, 0.1) is 0 Å². The van der Waals surface area contributed by atoms with Crippen molar-refractivity contribution in [3.63, 3.8) is 0 Å². The zero-order chi connectivity index (χ0) is 16.4.